The van der Waals surface area contributed by atoms with Crippen LogP contribution in [0.3, 0.4) is 0 Å². The van der Waals surface area contributed by atoms with E-state index in [2.05, 4.69) is 22.9 Å². The molecule has 0 amide bonds. The minimum Gasteiger partial charge on any atom is -0.374 e. The van der Waals surface area contributed by atoms with E-state index in [0.717, 1.165) is 6.61 Å². The van der Waals surface area contributed by atoms with Gasteiger partial charge in [-0.3, -0.25) is 0 Å². The van der Waals surface area contributed by atoms with Crippen LogP contribution in [0.25, 0.3) is 0 Å². The Morgan fingerprint density at radius 1 is 1.50 bits per heavy atom. The number of ether oxygens (including phenoxy) is 1. The molecule has 1 nitrogen and oxygen atoms in total. The van der Waals surface area contributed by atoms with Gasteiger partial charge in [0.05, 0.1) is 16.5 Å². The Morgan fingerprint density at radius 2 is 2.12 bits per heavy atom. The second-order valence-corrected chi connectivity index (χ2v) is 4.93. The van der Waals surface area contributed by atoms with Gasteiger partial charge < -0.3 is 4.74 Å². The van der Waals surface area contributed by atoms with Crippen LogP contribution in [0.15, 0.2) is 0 Å². The van der Waals surface area contributed by atoms with Gasteiger partial charge in [-0.25, -0.2) is 0 Å². The van der Waals surface area contributed by atoms with Crippen molar-refractivity contribution in [3.8, 4) is 0 Å². The Morgan fingerprint density at radius 3 is 2.25 bits per heavy atom. The fourth-order valence-corrected chi connectivity index (χ4v) is 3.10. The highest BCUT2D eigenvalue weighted by molar-refractivity contribution is 9.10. The van der Waals surface area contributed by atoms with Gasteiger partial charge in [-0.1, -0.05) is 15.9 Å². The lowest BCUT2D eigenvalue weighted by Crippen LogP contribution is -2.42. The van der Waals surface area contributed by atoms with Crippen molar-refractivity contribution in [2.45, 2.75) is 29.7 Å². The third-order valence-electron chi connectivity index (χ3n) is 2.06. The summed E-state index contributed by atoms with van der Waals surface area (Å²) >= 11 is 3.62. The molecule has 3 rings (SSSR count). The summed E-state index contributed by atoms with van der Waals surface area (Å²) in [6, 6.07) is 0. The molecule has 46 valence electrons. The first-order valence-corrected chi connectivity index (χ1v) is 3.74. The monoisotopic (exact) mass is 176 g/mol. The van der Waals surface area contributed by atoms with Gasteiger partial charge in [-0.05, 0) is 19.8 Å². The van der Waals surface area contributed by atoms with Crippen LogP contribution in [0.2, 0.25) is 0 Å². The average Bonchev–Trinajstić information content (AvgIpc) is 1.88. The van der Waals surface area contributed by atoms with Gasteiger partial charge in [0.15, 0.2) is 0 Å². The van der Waals surface area contributed by atoms with Crippen molar-refractivity contribution in [3.05, 3.63) is 0 Å². The van der Waals surface area contributed by atoms with E-state index in [9.17, 15) is 0 Å². The Kier molecular flexibility index (Phi) is 0.748. The molecule has 2 saturated heterocycles. The normalized spacial score (nSPS) is 60.8. The summed E-state index contributed by atoms with van der Waals surface area (Å²) < 4.78 is 5.86. The highest BCUT2D eigenvalue weighted by Gasteiger charge is 2.58. The molecule has 3 fully saturated rings. The van der Waals surface area contributed by atoms with E-state index in [-0.39, 0.29) is 5.60 Å². The van der Waals surface area contributed by atoms with Gasteiger partial charge in [0.2, 0.25) is 0 Å². The molecule has 0 spiro atoms. The molecule has 2 bridgehead atoms. The third-order valence-corrected chi connectivity index (χ3v) is 2.85. The Hall–Kier alpha value is 0.440. The molecular formula is C6H9BrO. The third kappa shape index (κ3) is 0.504. The van der Waals surface area contributed by atoms with Crippen LogP contribution in [-0.4, -0.2) is 16.5 Å². The summed E-state index contributed by atoms with van der Waals surface area (Å²) in [7, 11) is 0. The summed E-state index contributed by atoms with van der Waals surface area (Å²) in [4.78, 5) is 0. The first kappa shape index (κ1) is 5.24. The van der Waals surface area contributed by atoms with E-state index in [4.69, 9.17) is 4.74 Å². The predicted octanol–water partition coefficient (Wildman–Crippen LogP) is 1.70. The van der Waals surface area contributed by atoms with E-state index in [0.29, 0.717) is 4.32 Å². The molecule has 3 aliphatic rings. The average molecular weight is 177 g/mol. The molecule has 0 unspecified atom stereocenters. The zero-order valence-corrected chi connectivity index (χ0v) is 6.49. The second-order valence-electron chi connectivity index (χ2n) is 3.24. The molecule has 0 aromatic heterocycles. The fourth-order valence-electron chi connectivity index (χ4n) is 1.80. The Bertz CT molecular complexity index is 112. The maximum atomic E-state index is 5.47. The van der Waals surface area contributed by atoms with Gasteiger partial charge >= 0.3 is 0 Å². The smallest absolute Gasteiger partial charge is 0.0683 e. The molecule has 0 radical (unpaired) electrons. The van der Waals surface area contributed by atoms with Crippen LogP contribution < -0.4 is 0 Å². The van der Waals surface area contributed by atoms with Crippen molar-refractivity contribution in [1.29, 1.82) is 0 Å². The van der Waals surface area contributed by atoms with Crippen molar-refractivity contribution in [2.75, 3.05) is 6.61 Å². The molecule has 0 atom stereocenters. The number of alkyl halides is 1. The Balaban J connectivity index is 2.22. The summed E-state index contributed by atoms with van der Waals surface area (Å²) in [5.74, 6) is 0. The minimum atomic E-state index is 0.253. The van der Waals surface area contributed by atoms with Gasteiger partial charge in [0.1, 0.15) is 0 Å². The summed E-state index contributed by atoms with van der Waals surface area (Å²) in [5, 5.41) is 0. The SMILES string of the molecule is CC12CC(Br)(CO1)C2. The fraction of sp³-hybridized carbons (Fsp3) is 1.00. The molecule has 8 heavy (non-hydrogen) atoms. The number of halogens is 1. The molecule has 0 aromatic carbocycles. The van der Waals surface area contributed by atoms with E-state index in [1.54, 1.807) is 0 Å². The quantitative estimate of drug-likeness (QED) is 0.511. The first-order chi connectivity index (χ1) is 3.62. The van der Waals surface area contributed by atoms with Crippen LogP contribution >= 0.6 is 15.9 Å². The van der Waals surface area contributed by atoms with Gasteiger partial charge in [-0.15, -0.1) is 0 Å². The molecular weight excluding hydrogens is 168 g/mol. The van der Waals surface area contributed by atoms with E-state index < -0.39 is 0 Å². The maximum absolute atomic E-state index is 5.47. The highest BCUT2D eigenvalue weighted by Crippen LogP contribution is 2.56. The zero-order valence-electron chi connectivity index (χ0n) is 4.91. The van der Waals surface area contributed by atoms with Crippen molar-refractivity contribution in [3.63, 3.8) is 0 Å². The van der Waals surface area contributed by atoms with Crippen LogP contribution in [-0.2, 0) is 4.74 Å². The lowest BCUT2D eigenvalue weighted by molar-refractivity contribution is 0.0234. The zero-order chi connectivity index (χ0) is 5.83. The van der Waals surface area contributed by atoms with E-state index >= 15 is 0 Å². The van der Waals surface area contributed by atoms with Gasteiger partial charge in [0.25, 0.3) is 0 Å². The molecule has 0 aromatic rings. The highest BCUT2D eigenvalue weighted by atomic mass is 79.9. The van der Waals surface area contributed by atoms with Crippen LogP contribution in [0.1, 0.15) is 19.8 Å². The lowest BCUT2D eigenvalue weighted by Gasteiger charge is -2.37. The van der Waals surface area contributed by atoms with Crippen molar-refractivity contribution >= 4 is 15.9 Å². The van der Waals surface area contributed by atoms with Crippen molar-refractivity contribution in [1.82, 2.24) is 0 Å². The maximum Gasteiger partial charge on any atom is 0.0683 e. The molecule has 2 heteroatoms. The van der Waals surface area contributed by atoms with Crippen LogP contribution in [0, 0.1) is 0 Å². The van der Waals surface area contributed by atoms with E-state index in [1.165, 1.54) is 12.8 Å². The number of hydrogen-bond donors (Lipinski definition) is 0. The molecule has 2 heterocycles. The first-order valence-electron chi connectivity index (χ1n) is 2.95. The lowest BCUT2D eigenvalue weighted by atomic mass is 9.76. The van der Waals surface area contributed by atoms with Crippen molar-refractivity contribution in [2.24, 2.45) is 0 Å². The Labute approximate surface area is 57.5 Å². The summed E-state index contributed by atoms with van der Waals surface area (Å²) in [5.41, 5.74) is 0.253. The molecule has 1 saturated carbocycles. The largest absolute Gasteiger partial charge is 0.374 e. The van der Waals surface area contributed by atoms with Crippen molar-refractivity contribution < 1.29 is 4.74 Å². The molecule has 0 N–H and O–H groups in total. The van der Waals surface area contributed by atoms with Crippen LogP contribution in [0.4, 0.5) is 0 Å². The molecule has 1 aliphatic carbocycles. The number of fused-ring (bicyclic) bond motifs is 1. The summed E-state index contributed by atoms with van der Waals surface area (Å²) in [6.07, 6.45) is 2.42. The predicted molar refractivity (Wildman–Crippen MR) is 35.2 cm³/mol. The number of hydrogen-bond acceptors (Lipinski definition) is 1. The minimum absolute atomic E-state index is 0.253. The van der Waals surface area contributed by atoms with E-state index in [1.807, 2.05) is 0 Å². The second kappa shape index (κ2) is 1.14. The van der Waals surface area contributed by atoms with Crippen LogP contribution in [0.5, 0.6) is 0 Å². The topological polar surface area (TPSA) is 9.23 Å². The van der Waals surface area contributed by atoms with Gasteiger partial charge in [0, 0.05) is 0 Å². The van der Waals surface area contributed by atoms with Gasteiger partial charge in [-0.2, -0.15) is 0 Å². The number of rotatable bonds is 0. The standard InChI is InChI=1S/C6H9BrO/c1-5-2-6(7,3-5)4-8-5/h2-4H2,1H3. The molecule has 2 aliphatic heterocycles. The summed E-state index contributed by atoms with van der Waals surface area (Å²) in [6.45, 7) is 3.10.